The lowest BCUT2D eigenvalue weighted by Gasteiger charge is -2.08. The summed E-state index contributed by atoms with van der Waals surface area (Å²) in [5, 5.41) is 11.3. The lowest BCUT2D eigenvalue weighted by Crippen LogP contribution is -2.15. The van der Waals surface area contributed by atoms with E-state index in [1.54, 1.807) is 41.5 Å². The van der Waals surface area contributed by atoms with Gasteiger partial charge in [-0.2, -0.15) is 10.2 Å². The van der Waals surface area contributed by atoms with Gasteiger partial charge in [-0.3, -0.25) is 9.48 Å². The molecule has 7 nitrogen and oxygen atoms in total. The second kappa shape index (κ2) is 7.09. The molecule has 3 heterocycles. The van der Waals surface area contributed by atoms with Crippen LogP contribution in [0, 0.1) is 5.82 Å². The largest absolute Gasteiger partial charge is 0.376 e. The number of amides is 1. The molecular weight excluding hydrogens is 337 g/mol. The zero-order valence-electron chi connectivity index (χ0n) is 14.0. The molecule has 1 saturated heterocycles. The highest BCUT2D eigenvalue weighted by Gasteiger charge is 2.17. The van der Waals surface area contributed by atoms with Crippen LogP contribution in [0.1, 0.15) is 23.3 Å². The average Bonchev–Trinajstić information content (AvgIpc) is 3.38. The van der Waals surface area contributed by atoms with E-state index in [0.29, 0.717) is 17.9 Å². The van der Waals surface area contributed by atoms with Crippen LogP contribution in [0.5, 0.6) is 0 Å². The van der Waals surface area contributed by atoms with Crippen LogP contribution in [0.25, 0.3) is 5.69 Å². The number of carbonyl (C=O) groups excluding carboxylic acids is 1. The number of aromatic nitrogens is 4. The van der Waals surface area contributed by atoms with Gasteiger partial charge in [0.15, 0.2) is 5.69 Å². The Labute approximate surface area is 149 Å². The molecular formula is C18H18FN5O2. The third-order valence-corrected chi connectivity index (χ3v) is 4.22. The zero-order chi connectivity index (χ0) is 17.9. The van der Waals surface area contributed by atoms with Crippen molar-refractivity contribution in [2.75, 3.05) is 11.9 Å². The fourth-order valence-corrected chi connectivity index (χ4v) is 2.90. The summed E-state index contributed by atoms with van der Waals surface area (Å²) < 4.78 is 21.9. The Morgan fingerprint density at radius 1 is 1.31 bits per heavy atom. The van der Waals surface area contributed by atoms with E-state index in [4.69, 9.17) is 4.74 Å². The minimum Gasteiger partial charge on any atom is -0.376 e. The van der Waals surface area contributed by atoms with Gasteiger partial charge in [0.05, 0.1) is 30.2 Å². The maximum Gasteiger partial charge on any atom is 0.276 e. The van der Waals surface area contributed by atoms with Crippen molar-refractivity contribution in [2.45, 2.75) is 25.5 Å². The molecule has 0 radical (unpaired) electrons. The Kier molecular flexibility index (Phi) is 4.49. The van der Waals surface area contributed by atoms with E-state index in [2.05, 4.69) is 15.5 Å². The predicted molar refractivity (Wildman–Crippen MR) is 92.7 cm³/mol. The molecule has 8 heteroatoms. The molecule has 1 N–H and O–H groups in total. The Morgan fingerprint density at radius 2 is 2.15 bits per heavy atom. The lowest BCUT2D eigenvalue weighted by atomic mass is 10.2. The number of halogens is 1. The predicted octanol–water partition coefficient (Wildman–Crippen LogP) is 2.64. The molecule has 0 bridgehead atoms. The van der Waals surface area contributed by atoms with E-state index >= 15 is 0 Å². The number of hydrogen-bond donors (Lipinski definition) is 1. The van der Waals surface area contributed by atoms with Gasteiger partial charge in [0.1, 0.15) is 5.82 Å². The number of benzene rings is 1. The monoisotopic (exact) mass is 355 g/mol. The molecule has 0 spiro atoms. The summed E-state index contributed by atoms with van der Waals surface area (Å²) in [5.41, 5.74) is 1.54. The maximum atomic E-state index is 13.0. The number of hydrogen-bond acceptors (Lipinski definition) is 4. The highest BCUT2D eigenvalue weighted by Crippen LogP contribution is 2.15. The minimum absolute atomic E-state index is 0.185. The summed E-state index contributed by atoms with van der Waals surface area (Å²) in [6.07, 6.45) is 7.32. The van der Waals surface area contributed by atoms with E-state index in [0.717, 1.165) is 19.4 Å². The second-order valence-electron chi connectivity index (χ2n) is 6.16. The van der Waals surface area contributed by atoms with Gasteiger partial charge in [-0.25, -0.2) is 9.07 Å². The van der Waals surface area contributed by atoms with Crippen molar-refractivity contribution < 1.29 is 13.9 Å². The Bertz CT molecular complexity index is 896. The first kappa shape index (κ1) is 16.5. The fourth-order valence-electron chi connectivity index (χ4n) is 2.90. The maximum absolute atomic E-state index is 13.0. The summed E-state index contributed by atoms with van der Waals surface area (Å²) in [5.74, 6) is -0.651. The van der Waals surface area contributed by atoms with E-state index in [1.165, 1.54) is 16.8 Å². The van der Waals surface area contributed by atoms with Gasteiger partial charge in [0.25, 0.3) is 5.91 Å². The molecule has 134 valence electrons. The molecule has 1 aromatic carbocycles. The van der Waals surface area contributed by atoms with Crippen LogP contribution < -0.4 is 5.32 Å². The van der Waals surface area contributed by atoms with Gasteiger partial charge >= 0.3 is 0 Å². The summed E-state index contributed by atoms with van der Waals surface area (Å²) in [7, 11) is 0. The molecule has 1 unspecified atom stereocenters. The molecule has 2 aromatic heterocycles. The Balaban J connectivity index is 1.40. The van der Waals surface area contributed by atoms with Crippen LogP contribution in [0.4, 0.5) is 10.1 Å². The highest BCUT2D eigenvalue weighted by atomic mass is 19.1. The van der Waals surface area contributed by atoms with Crippen LogP contribution in [0.2, 0.25) is 0 Å². The average molecular weight is 355 g/mol. The van der Waals surface area contributed by atoms with Crippen molar-refractivity contribution in [3.63, 3.8) is 0 Å². The molecule has 26 heavy (non-hydrogen) atoms. The van der Waals surface area contributed by atoms with Crippen molar-refractivity contribution in [2.24, 2.45) is 0 Å². The first-order chi connectivity index (χ1) is 12.7. The number of nitrogens with zero attached hydrogens (tertiary/aromatic N) is 4. The van der Waals surface area contributed by atoms with E-state index in [9.17, 15) is 9.18 Å². The van der Waals surface area contributed by atoms with Gasteiger partial charge in [-0.1, -0.05) is 0 Å². The summed E-state index contributed by atoms with van der Waals surface area (Å²) in [6, 6.07) is 7.49. The standard InChI is InChI=1S/C18H18FN5O2/c19-13-3-5-15(6-4-13)24-8-7-17(22-24)18(25)21-14-10-20-23(11-14)12-16-2-1-9-26-16/h3-8,10-11,16H,1-2,9,12H2,(H,21,25). The molecule has 1 fully saturated rings. The van der Waals surface area contributed by atoms with Gasteiger partial charge in [0.2, 0.25) is 0 Å². The quantitative estimate of drug-likeness (QED) is 0.764. The number of nitrogens with one attached hydrogen (secondary N) is 1. The number of anilines is 1. The van der Waals surface area contributed by atoms with Crippen LogP contribution >= 0.6 is 0 Å². The van der Waals surface area contributed by atoms with Crippen LogP contribution in [-0.2, 0) is 11.3 Å². The SMILES string of the molecule is O=C(Nc1cnn(CC2CCCO2)c1)c1ccn(-c2ccc(F)cc2)n1. The van der Waals surface area contributed by atoms with Gasteiger partial charge in [-0.15, -0.1) is 0 Å². The van der Waals surface area contributed by atoms with Crippen LogP contribution in [0.15, 0.2) is 48.9 Å². The van der Waals surface area contributed by atoms with Crippen molar-refractivity contribution in [3.05, 3.63) is 60.4 Å². The normalized spacial score (nSPS) is 16.7. The van der Waals surface area contributed by atoms with Gasteiger partial charge < -0.3 is 10.1 Å². The minimum atomic E-state index is -0.331. The van der Waals surface area contributed by atoms with Crippen LogP contribution in [-0.4, -0.2) is 38.2 Å². The van der Waals surface area contributed by atoms with Crippen molar-refractivity contribution in [1.29, 1.82) is 0 Å². The first-order valence-electron chi connectivity index (χ1n) is 8.44. The molecule has 1 atom stereocenters. The third-order valence-electron chi connectivity index (χ3n) is 4.22. The van der Waals surface area contributed by atoms with Crippen LogP contribution in [0.3, 0.4) is 0 Å². The Hall–Kier alpha value is -3.00. The third kappa shape index (κ3) is 3.65. The Morgan fingerprint density at radius 3 is 2.92 bits per heavy atom. The number of carbonyl (C=O) groups is 1. The van der Waals surface area contributed by atoms with E-state index in [-0.39, 0.29) is 23.5 Å². The number of rotatable bonds is 5. The van der Waals surface area contributed by atoms with E-state index < -0.39 is 0 Å². The van der Waals surface area contributed by atoms with E-state index in [1.807, 2.05) is 0 Å². The molecule has 1 aliphatic heterocycles. The van der Waals surface area contributed by atoms with Crippen molar-refractivity contribution in [3.8, 4) is 5.69 Å². The van der Waals surface area contributed by atoms with Crippen molar-refractivity contribution >= 4 is 11.6 Å². The van der Waals surface area contributed by atoms with Gasteiger partial charge in [0, 0.05) is 19.0 Å². The second-order valence-corrected chi connectivity index (χ2v) is 6.16. The van der Waals surface area contributed by atoms with Crippen molar-refractivity contribution in [1.82, 2.24) is 19.6 Å². The topological polar surface area (TPSA) is 74.0 Å². The highest BCUT2D eigenvalue weighted by molar-refractivity contribution is 6.02. The number of ether oxygens (including phenoxy) is 1. The molecule has 0 aliphatic carbocycles. The zero-order valence-corrected chi connectivity index (χ0v) is 14.0. The summed E-state index contributed by atoms with van der Waals surface area (Å²) in [6.45, 7) is 1.47. The summed E-state index contributed by atoms with van der Waals surface area (Å²) in [4.78, 5) is 12.4. The first-order valence-corrected chi connectivity index (χ1v) is 8.44. The smallest absolute Gasteiger partial charge is 0.276 e. The summed E-state index contributed by atoms with van der Waals surface area (Å²) >= 11 is 0. The molecule has 4 rings (SSSR count). The lowest BCUT2D eigenvalue weighted by molar-refractivity contribution is 0.0940. The molecule has 0 saturated carbocycles. The molecule has 1 aliphatic rings. The molecule has 1 amide bonds. The fraction of sp³-hybridized carbons (Fsp3) is 0.278. The van der Waals surface area contributed by atoms with Gasteiger partial charge in [-0.05, 0) is 43.2 Å². The molecule has 3 aromatic rings.